The van der Waals surface area contributed by atoms with Crippen molar-refractivity contribution in [3.05, 3.63) is 32.6 Å². The highest BCUT2D eigenvalue weighted by Crippen LogP contribution is 2.66. The predicted molar refractivity (Wildman–Crippen MR) is 94.9 cm³/mol. The summed E-state index contributed by atoms with van der Waals surface area (Å²) in [6.07, 6.45) is -3.62. The summed E-state index contributed by atoms with van der Waals surface area (Å²) in [5, 5.41) is 19.5. The molecule has 2 rings (SSSR count). The van der Waals surface area contributed by atoms with Crippen molar-refractivity contribution in [1.29, 1.82) is 5.26 Å². The number of aliphatic hydroxyl groups excluding tert-OH is 1. The number of phosphoric acid groups is 3. The van der Waals surface area contributed by atoms with E-state index in [0.29, 0.717) is 0 Å². The van der Waals surface area contributed by atoms with Crippen LogP contribution in [0, 0.1) is 24.2 Å². The number of nitrogens with one attached hydrogen (secondary N) is 1. The number of aromatic nitrogens is 2. The monoisotopic (exact) mass is 507 g/mol. The van der Waals surface area contributed by atoms with E-state index in [1.165, 1.54) is 6.92 Å². The van der Waals surface area contributed by atoms with Crippen LogP contribution in [0.25, 0.3) is 0 Å². The van der Waals surface area contributed by atoms with Crippen LogP contribution in [0.4, 0.5) is 0 Å². The Bertz CT molecular complexity index is 1130. The zero-order valence-corrected chi connectivity index (χ0v) is 17.9. The van der Waals surface area contributed by atoms with Crippen LogP contribution in [0.15, 0.2) is 15.8 Å². The van der Waals surface area contributed by atoms with Gasteiger partial charge in [0.1, 0.15) is 18.1 Å². The van der Waals surface area contributed by atoms with Gasteiger partial charge in [-0.3, -0.25) is 18.9 Å². The Kier molecular flexibility index (Phi) is 7.61. The molecule has 0 bridgehead atoms. The van der Waals surface area contributed by atoms with Crippen LogP contribution in [0.5, 0.6) is 0 Å². The van der Waals surface area contributed by atoms with Gasteiger partial charge in [0.2, 0.25) is 0 Å². The molecule has 1 aliphatic rings. The summed E-state index contributed by atoms with van der Waals surface area (Å²) in [4.78, 5) is 61.0. The third kappa shape index (κ3) is 6.74. The lowest BCUT2D eigenvalue weighted by atomic mass is 10.0. The Balaban J connectivity index is 2.15. The SMILES string of the molecule is Cc1cn([C@@H]2O[C@H](COP(=O)(O)OP(=O)(O)OP(=O)(O)O)[C@@H](O)[C@H]2C#N)c(=O)[nH]c1=O. The van der Waals surface area contributed by atoms with Crippen LogP contribution in [0.1, 0.15) is 11.8 Å². The predicted octanol–water partition coefficient (Wildman–Crippen LogP) is -1.41. The molecule has 20 heteroatoms. The molecule has 0 aromatic carbocycles. The number of nitrogens with zero attached hydrogens (tertiary/aromatic N) is 2. The fraction of sp³-hybridized carbons (Fsp3) is 0.545. The fourth-order valence-corrected chi connectivity index (χ4v) is 5.54. The summed E-state index contributed by atoms with van der Waals surface area (Å²) in [5.41, 5.74) is -1.59. The molecule has 2 heterocycles. The molecule has 6 N–H and O–H groups in total. The Morgan fingerprint density at radius 2 is 1.81 bits per heavy atom. The minimum Gasteiger partial charge on any atom is -0.389 e. The third-order valence-electron chi connectivity index (χ3n) is 3.76. The maximum Gasteiger partial charge on any atom is 0.490 e. The van der Waals surface area contributed by atoms with E-state index in [1.807, 2.05) is 4.98 Å². The molecular weight excluding hydrogens is 491 g/mol. The van der Waals surface area contributed by atoms with Crippen LogP contribution in [0.2, 0.25) is 0 Å². The van der Waals surface area contributed by atoms with Crippen molar-refractivity contribution in [3.63, 3.8) is 0 Å². The van der Waals surface area contributed by atoms with Crippen LogP contribution < -0.4 is 11.2 Å². The average Bonchev–Trinajstić information content (AvgIpc) is 2.88. The van der Waals surface area contributed by atoms with Crippen molar-refractivity contribution in [2.24, 2.45) is 5.92 Å². The van der Waals surface area contributed by atoms with Gasteiger partial charge in [0.25, 0.3) is 5.56 Å². The molecule has 0 spiro atoms. The highest BCUT2D eigenvalue weighted by Gasteiger charge is 2.47. The molecule has 2 unspecified atom stereocenters. The van der Waals surface area contributed by atoms with E-state index in [-0.39, 0.29) is 5.56 Å². The van der Waals surface area contributed by atoms with Crippen molar-refractivity contribution in [1.82, 2.24) is 9.55 Å². The lowest BCUT2D eigenvalue weighted by Crippen LogP contribution is -2.35. The van der Waals surface area contributed by atoms with Crippen molar-refractivity contribution in [2.75, 3.05) is 6.61 Å². The van der Waals surface area contributed by atoms with E-state index in [2.05, 4.69) is 13.1 Å². The number of phosphoric ester groups is 1. The van der Waals surface area contributed by atoms with Gasteiger partial charge in [0.05, 0.1) is 12.7 Å². The van der Waals surface area contributed by atoms with E-state index >= 15 is 0 Å². The van der Waals surface area contributed by atoms with Gasteiger partial charge in [-0.15, -0.1) is 0 Å². The topological polar surface area (TPSA) is 268 Å². The lowest BCUT2D eigenvalue weighted by Gasteiger charge is -2.19. The molecular formula is C11H16N3O14P3. The number of aryl methyl sites for hydroxylation is 1. The molecule has 174 valence electrons. The second kappa shape index (κ2) is 9.16. The number of ether oxygens (including phenoxy) is 1. The van der Waals surface area contributed by atoms with Crippen molar-refractivity contribution in [2.45, 2.75) is 25.4 Å². The molecule has 1 aromatic rings. The second-order valence-electron chi connectivity index (χ2n) is 6.08. The molecule has 0 amide bonds. The van der Waals surface area contributed by atoms with E-state index in [9.17, 15) is 38.5 Å². The second-order valence-corrected chi connectivity index (χ2v) is 10.5. The molecule has 1 aliphatic heterocycles. The highest BCUT2D eigenvalue weighted by molar-refractivity contribution is 7.66. The number of H-pyrrole nitrogens is 1. The lowest BCUT2D eigenvalue weighted by molar-refractivity contribution is -0.0461. The van der Waals surface area contributed by atoms with Gasteiger partial charge in [0.15, 0.2) is 6.23 Å². The molecule has 17 nitrogen and oxygen atoms in total. The summed E-state index contributed by atoms with van der Waals surface area (Å²) in [6, 6.07) is 1.68. The number of aromatic amines is 1. The number of aliphatic hydroxyl groups is 1. The number of hydrogen-bond donors (Lipinski definition) is 6. The number of nitriles is 1. The normalized spacial score (nSPS) is 27.9. The Morgan fingerprint density at radius 1 is 1.19 bits per heavy atom. The first-order valence-corrected chi connectivity index (χ1v) is 12.4. The first-order chi connectivity index (χ1) is 14.1. The van der Waals surface area contributed by atoms with Crippen molar-refractivity contribution >= 4 is 23.5 Å². The van der Waals surface area contributed by atoms with Gasteiger partial charge in [-0.05, 0) is 6.92 Å². The summed E-state index contributed by atoms with van der Waals surface area (Å²) >= 11 is 0. The minimum absolute atomic E-state index is 0.0751. The molecule has 31 heavy (non-hydrogen) atoms. The standard InChI is InChI=1S/C11H16N3O14P3/c1-5-3-14(11(17)13-9(5)16)10-6(2-12)8(15)7(26-10)4-25-30(21,22)28-31(23,24)27-29(18,19)20/h3,6-8,10,15H,4H2,1H3,(H,21,22)(H,23,24)(H,13,16,17)(H2,18,19,20)/t6-,7-,8+,10-/m1/s1. The van der Waals surface area contributed by atoms with Crippen LogP contribution in [-0.4, -0.2) is 53.0 Å². The molecule has 0 radical (unpaired) electrons. The Morgan fingerprint density at radius 3 is 2.35 bits per heavy atom. The van der Waals surface area contributed by atoms with Gasteiger partial charge >= 0.3 is 29.2 Å². The van der Waals surface area contributed by atoms with E-state index in [1.54, 1.807) is 6.07 Å². The van der Waals surface area contributed by atoms with E-state index < -0.39 is 65.7 Å². The maximum atomic E-state index is 12.0. The number of hydrogen-bond acceptors (Lipinski definition) is 11. The maximum absolute atomic E-state index is 12.0. The number of rotatable bonds is 8. The largest absolute Gasteiger partial charge is 0.490 e. The van der Waals surface area contributed by atoms with Crippen LogP contribution in [-0.2, 0) is 31.6 Å². The van der Waals surface area contributed by atoms with Gasteiger partial charge in [-0.1, -0.05) is 0 Å². The Labute approximate surface area is 171 Å². The van der Waals surface area contributed by atoms with Crippen molar-refractivity contribution in [3.8, 4) is 6.07 Å². The zero-order chi connectivity index (χ0) is 23.8. The minimum atomic E-state index is -5.74. The Hall–Kier alpha value is -1.50. The first kappa shape index (κ1) is 25.8. The molecule has 1 saturated heterocycles. The fourth-order valence-electron chi connectivity index (χ4n) is 2.51. The zero-order valence-electron chi connectivity index (χ0n) is 15.2. The first-order valence-electron chi connectivity index (χ1n) is 7.89. The van der Waals surface area contributed by atoms with Crippen LogP contribution >= 0.6 is 23.5 Å². The van der Waals surface area contributed by atoms with Gasteiger partial charge in [-0.25, -0.2) is 18.5 Å². The summed E-state index contributed by atoms with van der Waals surface area (Å²) in [6.45, 7) is 0.324. The van der Waals surface area contributed by atoms with Gasteiger partial charge in [0, 0.05) is 11.8 Å². The molecule has 0 saturated carbocycles. The van der Waals surface area contributed by atoms with E-state index in [0.717, 1.165) is 10.8 Å². The third-order valence-corrected chi connectivity index (χ3v) is 7.56. The summed E-state index contributed by atoms with van der Waals surface area (Å²) in [7, 11) is -16.8. The smallest absolute Gasteiger partial charge is 0.389 e. The highest BCUT2D eigenvalue weighted by atomic mass is 31.3. The van der Waals surface area contributed by atoms with E-state index in [4.69, 9.17) is 19.4 Å². The molecule has 6 atom stereocenters. The molecule has 1 aromatic heterocycles. The summed E-state index contributed by atoms with van der Waals surface area (Å²) < 4.78 is 51.2. The van der Waals surface area contributed by atoms with Crippen LogP contribution in [0.3, 0.4) is 0 Å². The molecule has 0 aliphatic carbocycles. The quantitative estimate of drug-likeness (QED) is 0.221. The van der Waals surface area contributed by atoms with Gasteiger partial charge in [-0.2, -0.15) is 13.9 Å². The average molecular weight is 507 g/mol. The summed E-state index contributed by atoms with van der Waals surface area (Å²) in [5.74, 6) is -1.41. The van der Waals surface area contributed by atoms with Crippen molar-refractivity contribution < 1.29 is 56.3 Å². The van der Waals surface area contributed by atoms with Gasteiger partial charge < -0.3 is 29.4 Å². The molecule has 1 fully saturated rings.